The van der Waals surface area contributed by atoms with E-state index in [-0.39, 0.29) is 76.4 Å². The van der Waals surface area contributed by atoms with Crippen LogP contribution in [0.5, 0.6) is 23.0 Å². The number of benzene rings is 3. The average molecular weight is 911 g/mol. The van der Waals surface area contributed by atoms with Gasteiger partial charge in [0.1, 0.15) is 30.0 Å². The van der Waals surface area contributed by atoms with Gasteiger partial charge in [0.2, 0.25) is 18.9 Å². The lowest BCUT2D eigenvalue weighted by Gasteiger charge is -2.60. The zero-order chi connectivity index (χ0) is 45.9. The zero-order valence-electron chi connectivity index (χ0n) is 37.7. The van der Waals surface area contributed by atoms with E-state index in [0.29, 0.717) is 66.6 Å². The number of hydrogen-bond donors (Lipinski definition) is 2. The molecule has 1 saturated carbocycles. The second-order valence-corrected chi connectivity index (χ2v) is 17.6. The summed E-state index contributed by atoms with van der Waals surface area (Å²) in [6.07, 6.45) is 12.1. The maximum atomic E-state index is 14.8. The first-order valence-corrected chi connectivity index (χ1v) is 23.5. The number of rotatable bonds is 22. The normalized spacial score (nSPS) is 25.4. The number of halogens is 1. The maximum absolute atomic E-state index is 14.8. The number of aliphatic hydroxyl groups excluding tert-OH is 2. The number of amides is 1. The lowest BCUT2D eigenvalue weighted by molar-refractivity contribution is -0.256. The van der Waals surface area contributed by atoms with Crippen LogP contribution in [0.1, 0.15) is 93.2 Å². The lowest BCUT2D eigenvalue weighted by atomic mass is 9.55. The SMILES string of the molecule is C=CCCOC(=O)N(Cc1ccc2c(c1)OCO2)[C@H]1CC(=NOC2CCCCO2)C2=C[C@H](CCCCO)[C@@H](CCCCO)[C@@H]3c4cc(OCc5ccccc5F)ccc4O[C@@]1(OCC=C)[C@H]23. The molecule has 2 fully saturated rings. The van der Waals surface area contributed by atoms with Gasteiger partial charge in [0.05, 0.1) is 31.5 Å². The quantitative estimate of drug-likeness (QED) is 0.0565. The van der Waals surface area contributed by atoms with Gasteiger partial charge >= 0.3 is 6.09 Å². The summed E-state index contributed by atoms with van der Waals surface area (Å²) in [4.78, 5) is 22.8. The van der Waals surface area contributed by atoms with Crippen LogP contribution in [0.2, 0.25) is 0 Å². The first kappa shape index (κ1) is 47.1. The Morgan fingerprint density at radius 2 is 1.77 bits per heavy atom. The Morgan fingerprint density at radius 1 is 0.955 bits per heavy atom. The van der Waals surface area contributed by atoms with Crippen molar-refractivity contribution in [3.05, 3.63) is 120 Å². The third kappa shape index (κ3) is 10.4. The van der Waals surface area contributed by atoms with Crippen LogP contribution in [0.25, 0.3) is 0 Å². The first-order chi connectivity index (χ1) is 32.4. The molecule has 14 heteroatoms. The minimum absolute atomic E-state index is 0.0128. The molecule has 7 atom stereocenters. The van der Waals surface area contributed by atoms with E-state index in [1.54, 1.807) is 35.3 Å². The van der Waals surface area contributed by atoms with Crippen molar-refractivity contribution < 1.29 is 57.4 Å². The number of aliphatic hydroxyl groups is 2. The van der Waals surface area contributed by atoms with Crippen molar-refractivity contribution in [3.8, 4) is 23.0 Å². The van der Waals surface area contributed by atoms with Crippen molar-refractivity contribution in [1.82, 2.24) is 4.90 Å². The third-order valence-corrected chi connectivity index (χ3v) is 13.4. The van der Waals surface area contributed by atoms with Crippen molar-refractivity contribution in [2.45, 2.75) is 108 Å². The van der Waals surface area contributed by atoms with Gasteiger partial charge in [-0.25, -0.2) is 9.18 Å². The highest BCUT2D eigenvalue weighted by Crippen LogP contribution is 2.62. The largest absolute Gasteiger partial charge is 0.489 e. The monoisotopic (exact) mass is 910 g/mol. The van der Waals surface area contributed by atoms with Gasteiger partial charge in [-0.15, -0.1) is 13.2 Å². The predicted molar refractivity (Wildman–Crippen MR) is 245 cm³/mol. The Morgan fingerprint density at radius 3 is 2.56 bits per heavy atom. The number of carbonyl (C=O) groups excluding carboxylic acids is 1. The molecule has 1 saturated heterocycles. The van der Waals surface area contributed by atoms with Crippen molar-refractivity contribution in [2.75, 3.05) is 39.8 Å². The van der Waals surface area contributed by atoms with Crippen LogP contribution in [0.4, 0.5) is 9.18 Å². The highest BCUT2D eigenvalue weighted by atomic mass is 19.1. The predicted octanol–water partition coefficient (Wildman–Crippen LogP) is 9.51. The molecule has 5 aliphatic rings. The van der Waals surface area contributed by atoms with Gasteiger partial charge < -0.3 is 48.2 Å². The van der Waals surface area contributed by atoms with E-state index in [9.17, 15) is 19.4 Å². The summed E-state index contributed by atoms with van der Waals surface area (Å²) in [5.41, 5.74) is 3.59. The molecule has 3 aromatic carbocycles. The Labute approximate surface area is 386 Å². The molecule has 2 N–H and O–H groups in total. The number of allylic oxidation sites excluding steroid dienone is 1. The number of ether oxygens (including phenoxy) is 7. The van der Waals surface area contributed by atoms with E-state index in [1.165, 1.54) is 6.07 Å². The van der Waals surface area contributed by atoms with Gasteiger partial charge in [0.25, 0.3) is 0 Å². The van der Waals surface area contributed by atoms with Gasteiger partial charge in [0.15, 0.2) is 11.5 Å². The van der Waals surface area contributed by atoms with Crippen molar-refractivity contribution in [3.63, 3.8) is 0 Å². The molecule has 354 valence electrons. The molecule has 1 amide bonds. The second-order valence-electron chi connectivity index (χ2n) is 17.6. The number of nitrogens with zero attached hydrogens (tertiary/aromatic N) is 2. The molecular weight excluding hydrogens is 848 g/mol. The molecule has 13 nitrogen and oxygen atoms in total. The van der Waals surface area contributed by atoms with Gasteiger partial charge in [0, 0.05) is 49.6 Å². The summed E-state index contributed by atoms with van der Waals surface area (Å²) in [6.45, 7) is 8.98. The number of hydrogen-bond acceptors (Lipinski definition) is 12. The van der Waals surface area contributed by atoms with E-state index < -0.39 is 30.1 Å². The van der Waals surface area contributed by atoms with E-state index in [2.05, 4.69) is 19.2 Å². The van der Waals surface area contributed by atoms with Crippen molar-refractivity contribution in [1.29, 1.82) is 0 Å². The fourth-order valence-electron chi connectivity index (χ4n) is 10.3. The Balaban J connectivity index is 1.32. The van der Waals surface area contributed by atoms with Crippen LogP contribution in [0, 0.1) is 23.6 Å². The van der Waals surface area contributed by atoms with Crippen LogP contribution in [-0.2, 0) is 32.2 Å². The van der Waals surface area contributed by atoms with Crippen molar-refractivity contribution >= 4 is 11.8 Å². The Bertz CT molecular complexity index is 2210. The van der Waals surface area contributed by atoms with E-state index in [4.69, 9.17) is 43.2 Å². The maximum Gasteiger partial charge on any atom is 0.410 e. The molecule has 0 radical (unpaired) electrons. The molecule has 0 bridgehead atoms. The highest BCUT2D eigenvalue weighted by Gasteiger charge is 2.66. The number of carbonyl (C=O) groups is 1. The van der Waals surface area contributed by atoms with Gasteiger partial charge in [-0.2, -0.15) is 0 Å². The fraction of sp³-hybridized carbons (Fsp3) is 0.500. The molecule has 0 aromatic heterocycles. The topological polar surface area (TPSA) is 147 Å². The third-order valence-electron chi connectivity index (χ3n) is 13.4. The van der Waals surface area contributed by atoms with Gasteiger partial charge in [-0.1, -0.05) is 60.5 Å². The van der Waals surface area contributed by atoms with E-state index in [1.807, 2.05) is 36.4 Å². The molecule has 3 aliphatic heterocycles. The van der Waals surface area contributed by atoms with Crippen LogP contribution in [0.15, 0.2) is 103 Å². The zero-order valence-corrected chi connectivity index (χ0v) is 37.7. The molecule has 66 heavy (non-hydrogen) atoms. The summed E-state index contributed by atoms with van der Waals surface area (Å²) in [6, 6.07) is 17.0. The van der Waals surface area contributed by atoms with Crippen LogP contribution in [-0.4, -0.2) is 84.9 Å². The van der Waals surface area contributed by atoms with Crippen LogP contribution >= 0.6 is 0 Å². The molecule has 2 aliphatic carbocycles. The molecule has 3 aromatic rings. The second kappa shape index (κ2) is 22.4. The van der Waals surface area contributed by atoms with E-state index >= 15 is 0 Å². The van der Waals surface area contributed by atoms with Crippen LogP contribution < -0.4 is 18.9 Å². The summed E-state index contributed by atoms with van der Waals surface area (Å²) in [5.74, 6) is -0.500. The fourth-order valence-corrected chi connectivity index (χ4v) is 10.3. The number of unbranched alkanes of at least 4 members (excludes halogenated alkanes) is 2. The van der Waals surface area contributed by atoms with E-state index in [0.717, 1.165) is 55.2 Å². The lowest BCUT2D eigenvalue weighted by Crippen LogP contribution is -2.70. The molecular formula is C52H63FN2O11. The molecule has 8 rings (SSSR count). The first-order valence-electron chi connectivity index (χ1n) is 23.5. The summed E-state index contributed by atoms with van der Waals surface area (Å²) >= 11 is 0. The highest BCUT2D eigenvalue weighted by molar-refractivity contribution is 6.03. The standard InChI is InChI=1S/C52H63FN2O11/c1-3-5-26-60-51(58)55(32-35-19-21-45-46(28-35)63-34-62-45)47-31-43(54-66-48-18-10-13-27-59-48)40-29-36(14-8-11-23-56)39(16-9-12-24-57)49-41-30-38(61-33-37-15-6-7-17-42(37)53)20-22-44(41)65-52(47,50(40)49)64-25-4-2/h3-4,6-7,15,17,19-22,28-30,36,39,47-50,56-57H,1-2,5,8-14,16,18,23-27,31-34H2/t36-,39+,47-,48?,49+,50+,52+/m0/s1. The Hall–Kier alpha value is -5.41. The Kier molecular flexibility index (Phi) is 16.0. The summed E-state index contributed by atoms with van der Waals surface area (Å²) in [7, 11) is 0. The molecule has 1 unspecified atom stereocenters. The number of oxime groups is 1. The number of fused-ring (bicyclic) bond motifs is 3. The van der Waals surface area contributed by atoms with Crippen LogP contribution in [0.3, 0.4) is 0 Å². The summed E-state index contributed by atoms with van der Waals surface area (Å²) < 4.78 is 59.2. The van der Waals surface area contributed by atoms with Gasteiger partial charge in [-0.3, -0.25) is 4.90 Å². The molecule has 3 heterocycles. The minimum Gasteiger partial charge on any atom is -0.489 e. The summed E-state index contributed by atoms with van der Waals surface area (Å²) in [5, 5.41) is 25.0. The van der Waals surface area contributed by atoms with Crippen molar-refractivity contribution in [2.24, 2.45) is 22.9 Å². The molecule has 0 spiro atoms. The average Bonchev–Trinajstić information content (AvgIpc) is 3.81. The van der Waals surface area contributed by atoms with Gasteiger partial charge in [-0.05, 0) is 104 Å². The minimum atomic E-state index is -1.54. The smallest absolute Gasteiger partial charge is 0.410 e.